The van der Waals surface area contributed by atoms with Crippen LogP contribution >= 0.6 is 0 Å². The fourth-order valence-corrected chi connectivity index (χ4v) is 10.0. The molecule has 4 aliphatic rings. The van der Waals surface area contributed by atoms with E-state index < -0.39 is 17.2 Å². The average Bonchev–Trinajstić information content (AvgIpc) is 4.09. The number of hydrogen-bond acceptors (Lipinski definition) is 8. The zero-order chi connectivity index (χ0) is 47.0. The fraction of sp³-hybridized carbons (Fsp3) is 0.321. The van der Waals surface area contributed by atoms with E-state index in [2.05, 4.69) is 34.4 Å². The number of benzene rings is 4. The van der Waals surface area contributed by atoms with Crippen LogP contribution in [0.15, 0.2) is 109 Å². The van der Waals surface area contributed by atoms with Gasteiger partial charge in [0.2, 0.25) is 0 Å². The van der Waals surface area contributed by atoms with Crippen molar-refractivity contribution in [3.63, 3.8) is 0 Å². The molecule has 2 aromatic heterocycles. The highest BCUT2D eigenvalue weighted by atomic mass is 16.5. The van der Waals surface area contributed by atoms with Gasteiger partial charge in [-0.1, -0.05) is 26.0 Å². The Kier molecular flexibility index (Phi) is 12.1. The van der Waals surface area contributed by atoms with Crippen molar-refractivity contribution in [3.8, 4) is 34.4 Å². The smallest absolute Gasteiger partial charge is 0.335 e. The number of carboxylic acid groups (broad SMARTS) is 1. The standard InChI is InChI=1S/C27H29N3O4.C26H26N2O5/c1-4-18-7-8-20(17-22(18)33-3)26(32)29-14-11-27(12-15-29)24-6-5-13-30(24)21-10-9-19(25(31)28-2)16-23(21)34-27;1-3-17-6-7-18(15-21(17)32-2)24(29)27-13-10-26(11-14-27)23-5-4-12-28(23)20-9-8-19(25(30)31)16-22(20)33-26/h5-10,13,16-17H,4,11-12,14-15H2,1-3H3,(H,28,31);4-9,12,15-16H,3,10-11,13-14H2,1-2H3,(H,30,31). The van der Waals surface area contributed by atoms with Crippen LogP contribution in [-0.4, -0.2) is 95.2 Å². The van der Waals surface area contributed by atoms with Gasteiger partial charge in [-0.05, 0) is 109 Å². The summed E-state index contributed by atoms with van der Waals surface area (Å²) in [6.45, 7) is 6.35. The van der Waals surface area contributed by atoms with Crippen LogP contribution in [0.4, 0.5) is 0 Å². The normalized spacial score (nSPS) is 15.9. The van der Waals surface area contributed by atoms with Crippen LogP contribution in [0.3, 0.4) is 0 Å². The van der Waals surface area contributed by atoms with Crippen LogP contribution in [0.2, 0.25) is 0 Å². The molecule has 6 aromatic rings. The number of ether oxygens (including phenoxy) is 4. The predicted octanol–water partition coefficient (Wildman–Crippen LogP) is 8.20. The number of aromatic nitrogens is 2. The largest absolute Gasteiger partial charge is 0.496 e. The summed E-state index contributed by atoms with van der Waals surface area (Å²) >= 11 is 0. The monoisotopic (exact) mass is 905 g/mol. The van der Waals surface area contributed by atoms with Gasteiger partial charge in [-0.15, -0.1) is 0 Å². The Hall–Kier alpha value is -7.48. The molecule has 0 bridgehead atoms. The fourth-order valence-electron chi connectivity index (χ4n) is 10.0. The second kappa shape index (κ2) is 18.1. The minimum atomic E-state index is -0.987. The van der Waals surface area contributed by atoms with Crippen LogP contribution in [0.5, 0.6) is 23.0 Å². The molecule has 0 atom stereocenters. The first kappa shape index (κ1) is 44.7. The Morgan fingerprint density at radius 3 is 1.42 bits per heavy atom. The summed E-state index contributed by atoms with van der Waals surface area (Å²) < 4.78 is 28.3. The molecule has 0 radical (unpaired) electrons. The Balaban J connectivity index is 0.000000168. The highest BCUT2D eigenvalue weighted by Crippen LogP contribution is 2.47. The number of fused-ring (bicyclic) bond motifs is 8. The number of amides is 3. The van der Waals surface area contributed by atoms with E-state index in [1.807, 2.05) is 88.9 Å². The Bertz CT molecular complexity index is 2880. The first-order valence-corrected chi connectivity index (χ1v) is 22.9. The summed E-state index contributed by atoms with van der Waals surface area (Å²) in [6.07, 6.45) is 8.24. The van der Waals surface area contributed by atoms with Crippen molar-refractivity contribution in [3.05, 3.63) is 154 Å². The maximum atomic E-state index is 13.3. The molecule has 0 aliphatic carbocycles. The Labute approximate surface area is 389 Å². The van der Waals surface area contributed by atoms with Crippen molar-refractivity contribution in [1.82, 2.24) is 24.3 Å². The minimum Gasteiger partial charge on any atom is -0.496 e. The third-order valence-electron chi connectivity index (χ3n) is 13.8. The van der Waals surface area contributed by atoms with E-state index >= 15 is 0 Å². The van der Waals surface area contributed by atoms with Gasteiger partial charge in [-0.3, -0.25) is 14.4 Å². The van der Waals surface area contributed by atoms with Gasteiger partial charge < -0.3 is 48.3 Å². The quantitative estimate of drug-likeness (QED) is 0.154. The molecule has 2 spiro atoms. The van der Waals surface area contributed by atoms with Gasteiger partial charge >= 0.3 is 5.97 Å². The molecule has 4 aliphatic heterocycles. The van der Waals surface area contributed by atoms with Gasteiger partial charge in [-0.25, -0.2) is 4.79 Å². The molecule has 14 heteroatoms. The van der Waals surface area contributed by atoms with Crippen LogP contribution in [-0.2, 0) is 24.0 Å². The Morgan fingerprint density at radius 1 is 0.597 bits per heavy atom. The van der Waals surface area contributed by atoms with Gasteiger partial charge in [-0.2, -0.15) is 0 Å². The maximum Gasteiger partial charge on any atom is 0.335 e. The molecule has 2 saturated heterocycles. The zero-order valence-corrected chi connectivity index (χ0v) is 38.5. The van der Waals surface area contributed by atoms with Crippen molar-refractivity contribution in [2.24, 2.45) is 0 Å². The number of carboxylic acids is 1. The lowest BCUT2D eigenvalue weighted by Crippen LogP contribution is -2.50. The first-order chi connectivity index (χ1) is 32.4. The second-order valence-electron chi connectivity index (χ2n) is 17.3. The van der Waals surface area contributed by atoms with Gasteiger partial charge in [0.05, 0.1) is 42.5 Å². The molecule has 14 nitrogen and oxygen atoms in total. The summed E-state index contributed by atoms with van der Waals surface area (Å²) in [4.78, 5) is 53.9. The zero-order valence-electron chi connectivity index (χ0n) is 38.5. The molecule has 4 aromatic carbocycles. The number of nitrogens with zero attached hydrogens (tertiary/aromatic N) is 4. The maximum absolute atomic E-state index is 13.3. The lowest BCUT2D eigenvalue weighted by Gasteiger charge is -2.45. The van der Waals surface area contributed by atoms with Gasteiger partial charge in [0.25, 0.3) is 17.7 Å². The average molecular weight is 906 g/mol. The number of carbonyl (C=O) groups is 4. The summed E-state index contributed by atoms with van der Waals surface area (Å²) in [5, 5.41) is 12.1. The van der Waals surface area contributed by atoms with E-state index in [-0.39, 0.29) is 23.3 Å². The predicted molar refractivity (Wildman–Crippen MR) is 252 cm³/mol. The van der Waals surface area contributed by atoms with E-state index in [0.717, 1.165) is 58.2 Å². The molecule has 67 heavy (non-hydrogen) atoms. The van der Waals surface area contributed by atoms with E-state index in [0.29, 0.717) is 80.1 Å². The molecule has 0 unspecified atom stereocenters. The van der Waals surface area contributed by atoms with Crippen molar-refractivity contribution < 1.29 is 43.2 Å². The van der Waals surface area contributed by atoms with E-state index in [4.69, 9.17) is 18.9 Å². The molecule has 3 amide bonds. The molecular weight excluding hydrogens is 851 g/mol. The third-order valence-corrected chi connectivity index (χ3v) is 13.8. The number of rotatable bonds is 8. The van der Waals surface area contributed by atoms with Crippen LogP contribution in [0, 0.1) is 0 Å². The highest BCUT2D eigenvalue weighted by molar-refractivity contribution is 5.96. The van der Waals surface area contributed by atoms with E-state index in [9.17, 15) is 24.3 Å². The number of nitrogens with one attached hydrogen (secondary N) is 1. The van der Waals surface area contributed by atoms with Gasteiger partial charge in [0, 0.05) is 88.0 Å². The summed E-state index contributed by atoms with van der Waals surface area (Å²) in [6, 6.07) is 29.9. The van der Waals surface area contributed by atoms with Crippen molar-refractivity contribution in [2.75, 3.05) is 47.4 Å². The molecular formula is C53H55N5O9. The van der Waals surface area contributed by atoms with Crippen molar-refractivity contribution in [2.45, 2.75) is 63.6 Å². The van der Waals surface area contributed by atoms with Crippen LogP contribution in [0.1, 0.15) is 103 Å². The second-order valence-corrected chi connectivity index (χ2v) is 17.3. The lowest BCUT2D eigenvalue weighted by molar-refractivity contribution is -0.00984. The molecule has 0 saturated carbocycles. The number of aryl methyl sites for hydroxylation is 2. The minimum absolute atomic E-state index is 0.00398. The highest BCUT2D eigenvalue weighted by Gasteiger charge is 2.46. The number of piperidine rings is 2. The number of aromatic carboxylic acids is 1. The summed E-state index contributed by atoms with van der Waals surface area (Å²) in [5.74, 6) is 1.56. The number of carbonyl (C=O) groups excluding carboxylic acids is 3. The van der Waals surface area contributed by atoms with E-state index in [1.54, 1.807) is 45.5 Å². The third kappa shape index (κ3) is 8.04. The van der Waals surface area contributed by atoms with Crippen LogP contribution in [0.25, 0.3) is 11.4 Å². The van der Waals surface area contributed by atoms with Crippen molar-refractivity contribution >= 4 is 23.7 Å². The number of hydrogen-bond donors (Lipinski definition) is 2. The SMILES string of the molecule is CCc1ccc(C(=O)N2CCC3(CC2)Oc2cc(C(=O)NC)ccc2-n2cccc23)cc1OC.CCc1ccc(C(=O)N2CCC3(CC2)Oc2cc(C(=O)O)ccc2-n2cccc23)cc1OC. The molecule has 10 rings (SSSR count). The van der Waals surface area contributed by atoms with E-state index in [1.165, 1.54) is 0 Å². The lowest BCUT2D eigenvalue weighted by atomic mass is 9.86. The molecule has 346 valence electrons. The van der Waals surface area contributed by atoms with Gasteiger partial charge in [0.1, 0.15) is 23.0 Å². The van der Waals surface area contributed by atoms with Crippen LogP contribution < -0.4 is 24.3 Å². The van der Waals surface area contributed by atoms with Crippen molar-refractivity contribution in [1.29, 1.82) is 0 Å². The first-order valence-electron chi connectivity index (χ1n) is 22.9. The summed E-state index contributed by atoms with van der Waals surface area (Å²) in [7, 11) is 4.87. The molecule has 6 heterocycles. The molecule has 2 N–H and O–H groups in total. The molecule has 2 fully saturated rings. The summed E-state index contributed by atoms with van der Waals surface area (Å²) in [5.41, 5.74) is 6.86. The Morgan fingerprint density at radius 2 is 1.01 bits per heavy atom. The number of likely N-dealkylation sites (tertiary alicyclic amines) is 2. The number of methoxy groups -OCH3 is 2. The topological polar surface area (TPSA) is 154 Å². The van der Waals surface area contributed by atoms with Gasteiger partial charge in [0.15, 0.2) is 11.2 Å².